The van der Waals surface area contributed by atoms with E-state index < -0.39 is 0 Å². The summed E-state index contributed by atoms with van der Waals surface area (Å²) in [5, 5.41) is 6.81. The van der Waals surface area contributed by atoms with Crippen molar-refractivity contribution < 1.29 is 0 Å². The molecule has 9 heteroatoms. The highest BCUT2D eigenvalue weighted by Crippen LogP contribution is 2.50. The molecule has 0 saturated carbocycles. The zero-order valence-corrected chi connectivity index (χ0v) is 49.0. The van der Waals surface area contributed by atoms with E-state index in [0.29, 0.717) is 34.9 Å². The van der Waals surface area contributed by atoms with Crippen LogP contribution in [0.4, 0.5) is 0 Å². The Kier molecular flexibility index (Phi) is 12.0. The summed E-state index contributed by atoms with van der Waals surface area (Å²) in [7, 11) is 0. The second-order valence-electron chi connectivity index (χ2n) is 23.2. The molecule has 414 valence electrons. The molecule has 0 unspecified atom stereocenters. The lowest BCUT2D eigenvalue weighted by Crippen LogP contribution is -2.14. The van der Waals surface area contributed by atoms with E-state index in [9.17, 15) is 0 Å². The van der Waals surface area contributed by atoms with Crippen LogP contribution in [0, 0.1) is 41.5 Å². The van der Waals surface area contributed by atoms with Crippen molar-refractivity contribution in [2.45, 2.75) is 41.5 Å². The third kappa shape index (κ3) is 8.60. The van der Waals surface area contributed by atoms with Gasteiger partial charge in [0.15, 0.2) is 34.9 Å². The zero-order valence-electron chi connectivity index (χ0n) is 49.0. The summed E-state index contributed by atoms with van der Waals surface area (Å²) >= 11 is 0. The number of nitrogens with zero attached hydrogens (tertiary/aromatic N) is 9. The van der Waals surface area contributed by atoms with E-state index >= 15 is 0 Å². The van der Waals surface area contributed by atoms with Crippen LogP contribution in [-0.2, 0) is 0 Å². The van der Waals surface area contributed by atoms with Crippen LogP contribution < -0.4 is 0 Å². The number of aryl methyl sites for hydroxylation is 6. The molecular weight excluding hydrogens is 1060 g/mol. The van der Waals surface area contributed by atoms with Gasteiger partial charge in [-0.15, -0.1) is 0 Å². The molecule has 16 aromatic rings. The summed E-state index contributed by atoms with van der Waals surface area (Å²) in [5.41, 5.74) is 20.7. The van der Waals surface area contributed by atoms with Crippen molar-refractivity contribution in [2.24, 2.45) is 0 Å². The van der Waals surface area contributed by atoms with E-state index in [1.165, 1.54) is 33.4 Å². The van der Waals surface area contributed by atoms with Crippen LogP contribution in [0.3, 0.4) is 0 Å². The molecule has 11 aromatic carbocycles. The zero-order chi connectivity index (χ0) is 58.6. The lowest BCUT2D eigenvalue weighted by Gasteiger charge is -2.27. The summed E-state index contributed by atoms with van der Waals surface area (Å²) in [6.45, 7) is 13.1. The van der Waals surface area contributed by atoms with Gasteiger partial charge in [0.1, 0.15) is 0 Å². The molecule has 0 aliphatic rings. The van der Waals surface area contributed by atoms with Crippen molar-refractivity contribution >= 4 is 65.4 Å². The Morgan fingerprint density at radius 1 is 0.207 bits per heavy atom. The largest absolute Gasteiger partial charge is 0.306 e. The fraction of sp³-hybridized carbons (Fsp3) is 0.0769. The van der Waals surface area contributed by atoms with Gasteiger partial charge >= 0.3 is 0 Å². The van der Waals surface area contributed by atoms with Gasteiger partial charge in [-0.1, -0.05) is 191 Å². The number of aromatic nitrogens is 9. The van der Waals surface area contributed by atoms with Crippen LogP contribution in [0.25, 0.3) is 151 Å². The topological polar surface area (TPSA) is 92.1 Å². The summed E-state index contributed by atoms with van der Waals surface area (Å²) in [6, 6.07) is 84.4. The van der Waals surface area contributed by atoms with Crippen LogP contribution in [0.5, 0.6) is 0 Å². The third-order valence-electron chi connectivity index (χ3n) is 17.0. The van der Waals surface area contributed by atoms with Gasteiger partial charge in [-0.05, 0) is 120 Å². The van der Waals surface area contributed by atoms with Gasteiger partial charge in [-0.3, -0.25) is 0 Å². The van der Waals surface area contributed by atoms with Gasteiger partial charge in [0.2, 0.25) is 0 Å². The van der Waals surface area contributed by atoms with Crippen LogP contribution in [0.15, 0.2) is 237 Å². The predicted molar refractivity (Wildman–Crippen MR) is 357 cm³/mol. The molecule has 16 rings (SSSR count). The molecule has 0 fully saturated rings. The first-order valence-corrected chi connectivity index (χ1v) is 29.6. The van der Waals surface area contributed by atoms with Gasteiger partial charge in [0, 0.05) is 65.7 Å². The number of hydrogen-bond donors (Lipinski definition) is 0. The highest BCUT2D eigenvalue weighted by molar-refractivity contribution is 6.16. The fourth-order valence-electron chi connectivity index (χ4n) is 13.0. The van der Waals surface area contributed by atoms with Gasteiger partial charge in [0.25, 0.3) is 0 Å². The maximum absolute atomic E-state index is 5.70. The van der Waals surface area contributed by atoms with Crippen molar-refractivity contribution in [3.63, 3.8) is 0 Å². The van der Waals surface area contributed by atoms with Gasteiger partial charge in [-0.2, -0.15) is 0 Å². The molecule has 0 aliphatic heterocycles. The average Bonchev–Trinajstić information content (AvgIpc) is 1.71. The molecule has 9 nitrogen and oxygen atoms in total. The molecule has 0 bridgehead atoms. The smallest absolute Gasteiger partial charge is 0.166 e. The molecule has 5 aromatic heterocycles. The highest BCUT2D eigenvalue weighted by atomic mass is 15.1. The van der Waals surface area contributed by atoms with Gasteiger partial charge < -0.3 is 13.7 Å². The number of hydrogen-bond acceptors (Lipinski definition) is 6. The first kappa shape index (κ1) is 51.5. The first-order valence-electron chi connectivity index (χ1n) is 29.6. The number of fused-ring (bicyclic) bond motifs is 9. The Bertz CT molecular complexity index is 4880. The summed E-state index contributed by atoms with van der Waals surface area (Å²) in [4.78, 5) is 33.4. The van der Waals surface area contributed by atoms with E-state index in [0.717, 1.165) is 116 Å². The molecule has 0 N–H and O–H groups in total. The summed E-state index contributed by atoms with van der Waals surface area (Å²) in [6.07, 6.45) is 0. The maximum atomic E-state index is 5.70. The molecule has 0 atom stereocenters. The monoisotopic (exact) mass is 1120 g/mol. The van der Waals surface area contributed by atoms with E-state index in [1.54, 1.807) is 0 Å². The quantitative estimate of drug-likeness (QED) is 0.143. The molecule has 5 heterocycles. The molecule has 0 saturated heterocycles. The van der Waals surface area contributed by atoms with Gasteiger partial charge in [-0.25, -0.2) is 29.9 Å². The second kappa shape index (κ2) is 20.3. The first-order chi connectivity index (χ1) is 42.6. The maximum Gasteiger partial charge on any atom is 0.166 e. The SMILES string of the molecule is Cc1ccc2c(c1)c1cc(C)ccc1n2-c1c(-c2nc(-c3ccccc3)nc(-c3ccccc3)n2)cc(-c2nc(-c3ccccc3)nc(-c3ccccc3)n2)c(-n2c3ccc(C)cc3c3cc(C)ccc32)c1-n1c2ccc(C)cc2c2cc(C)ccc21. The molecule has 0 radical (unpaired) electrons. The standard InChI is InChI=1S/C78H57N9/c1-46-27-33-64-56(39-46)57-40-47(2)28-34-65(57)85(64)70-62(77-81-73(52-19-11-7-12-20-52)79-74(82-77)53-21-13-8-14-22-53)45-63(78-83-75(54-23-15-9-16-24-54)80-76(84-78)55-25-17-10-18-26-55)71(86-66-35-29-48(3)41-58(66)59-42-49(4)30-36-67(59)86)72(70)87-68-37-31-50(5)43-60(68)61-44-51(6)32-38-69(61)87/h7-45H,1-6H3. The summed E-state index contributed by atoms with van der Waals surface area (Å²) < 4.78 is 7.47. The van der Waals surface area contributed by atoms with E-state index in [2.05, 4.69) is 219 Å². The minimum atomic E-state index is 0.475. The van der Waals surface area contributed by atoms with Crippen molar-refractivity contribution in [3.8, 4) is 85.4 Å². The molecular formula is C78H57N9. The normalized spacial score (nSPS) is 11.8. The van der Waals surface area contributed by atoms with E-state index in [1.807, 2.05) is 72.8 Å². The molecule has 0 spiro atoms. The van der Waals surface area contributed by atoms with Crippen molar-refractivity contribution in [2.75, 3.05) is 0 Å². The lowest BCUT2D eigenvalue weighted by molar-refractivity contribution is 1.02. The Labute approximate surface area is 503 Å². The Balaban J connectivity index is 1.22. The van der Waals surface area contributed by atoms with Gasteiger partial charge in [0.05, 0.1) is 50.2 Å². The van der Waals surface area contributed by atoms with Crippen LogP contribution >= 0.6 is 0 Å². The highest BCUT2D eigenvalue weighted by Gasteiger charge is 2.33. The fourth-order valence-corrected chi connectivity index (χ4v) is 13.0. The Morgan fingerprint density at radius 3 is 0.644 bits per heavy atom. The van der Waals surface area contributed by atoms with E-state index in [-0.39, 0.29) is 0 Å². The van der Waals surface area contributed by atoms with Crippen molar-refractivity contribution in [3.05, 3.63) is 270 Å². The van der Waals surface area contributed by atoms with Crippen LogP contribution in [0.1, 0.15) is 33.4 Å². The minimum Gasteiger partial charge on any atom is -0.306 e. The van der Waals surface area contributed by atoms with Crippen molar-refractivity contribution in [1.29, 1.82) is 0 Å². The average molecular weight is 1120 g/mol. The van der Waals surface area contributed by atoms with Crippen molar-refractivity contribution in [1.82, 2.24) is 43.6 Å². The molecule has 0 amide bonds. The summed E-state index contributed by atoms with van der Waals surface area (Å²) in [5.74, 6) is 3.12. The predicted octanol–water partition coefficient (Wildman–Crippen LogP) is 19.2. The van der Waals surface area contributed by atoms with Crippen LogP contribution in [-0.4, -0.2) is 43.6 Å². The minimum absolute atomic E-state index is 0.475. The third-order valence-corrected chi connectivity index (χ3v) is 17.0. The van der Waals surface area contributed by atoms with Crippen LogP contribution in [0.2, 0.25) is 0 Å². The second-order valence-corrected chi connectivity index (χ2v) is 23.2. The molecule has 0 aliphatic carbocycles. The Morgan fingerprint density at radius 2 is 0.414 bits per heavy atom. The number of rotatable bonds is 9. The molecule has 87 heavy (non-hydrogen) atoms. The Hall–Kier alpha value is -11.2. The lowest BCUT2D eigenvalue weighted by atomic mass is 9.99. The van der Waals surface area contributed by atoms with E-state index in [4.69, 9.17) is 29.9 Å². The number of benzene rings is 11.